The van der Waals surface area contributed by atoms with E-state index in [1.165, 1.54) is 6.92 Å². The zero-order chi connectivity index (χ0) is 10.6. The number of esters is 1. The van der Waals surface area contributed by atoms with Gasteiger partial charge in [-0.25, -0.2) is 4.79 Å². The van der Waals surface area contributed by atoms with Gasteiger partial charge in [-0.15, -0.1) is 0 Å². The Morgan fingerprint density at radius 3 is 2.50 bits per heavy atom. The third-order valence-corrected chi connectivity index (χ3v) is 2.08. The molecule has 0 aliphatic rings. The first-order valence-corrected chi connectivity index (χ1v) is 4.56. The molecule has 1 aromatic carbocycles. The highest BCUT2D eigenvalue weighted by Crippen LogP contribution is 2.15. The van der Waals surface area contributed by atoms with E-state index in [-0.39, 0.29) is 0 Å². The average Bonchev–Trinajstić information content (AvgIpc) is 2.19. The molecule has 1 atom stereocenters. The van der Waals surface area contributed by atoms with Gasteiger partial charge in [0, 0.05) is 0 Å². The van der Waals surface area contributed by atoms with Crippen molar-refractivity contribution in [1.82, 2.24) is 0 Å². The van der Waals surface area contributed by atoms with Gasteiger partial charge in [0.05, 0.1) is 0 Å². The first-order chi connectivity index (χ1) is 6.56. The van der Waals surface area contributed by atoms with Gasteiger partial charge in [-0.05, 0) is 25.5 Å². The van der Waals surface area contributed by atoms with Crippen LogP contribution in [0.25, 0.3) is 0 Å². The van der Waals surface area contributed by atoms with Crippen LogP contribution in [0.15, 0.2) is 30.3 Å². The lowest BCUT2D eigenvalue weighted by molar-refractivity contribution is -0.153. The van der Waals surface area contributed by atoms with Crippen molar-refractivity contribution in [1.29, 1.82) is 0 Å². The third kappa shape index (κ3) is 2.57. The standard InChI is InChI=1S/C11H14O3/c1-3-11(2,13)10(12)14-9-7-5-4-6-8-9/h4-8,13H,3H2,1-2H3. The topological polar surface area (TPSA) is 46.5 Å². The highest BCUT2D eigenvalue weighted by Gasteiger charge is 2.30. The zero-order valence-corrected chi connectivity index (χ0v) is 8.36. The Bertz CT molecular complexity index is 304. The number of aliphatic hydroxyl groups is 1. The lowest BCUT2D eigenvalue weighted by Gasteiger charge is -2.18. The van der Waals surface area contributed by atoms with Crippen molar-refractivity contribution in [2.75, 3.05) is 0 Å². The molecule has 0 saturated carbocycles. The first kappa shape index (κ1) is 10.7. The summed E-state index contributed by atoms with van der Waals surface area (Å²) in [6.45, 7) is 3.17. The number of ether oxygens (including phenoxy) is 1. The maximum Gasteiger partial charge on any atom is 0.343 e. The summed E-state index contributed by atoms with van der Waals surface area (Å²) in [6.07, 6.45) is 0.332. The molecule has 3 heteroatoms. The molecule has 0 aliphatic carbocycles. The maximum absolute atomic E-state index is 11.4. The van der Waals surface area contributed by atoms with Gasteiger partial charge in [0.2, 0.25) is 0 Å². The van der Waals surface area contributed by atoms with Gasteiger partial charge in [0.15, 0.2) is 5.60 Å². The van der Waals surface area contributed by atoms with E-state index in [1.54, 1.807) is 31.2 Å². The van der Waals surface area contributed by atoms with Crippen LogP contribution in [0, 0.1) is 0 Å². The minimum Gasteiger partial charge on any atom is -0.424 e. The van der Waals surface area contributed by atoms with Crippen molar-refractivity contribution in [3.05, 3.63) is 30.3 Å². The summed E-state index contributed by atoms with van der Waals surface area (Å²) in [4.78, 5) is 11.4. The highest BCUT2D eigenvalue weighted by atomic mass is 16.6. The molecular formula is C11H14O3. The summed E-state index contributed by atoms with van der Waals surface area (Å²) in [5.41, 5.74) is -1.41. The molecule has 0 aliphatic heterocycles. The van der Waals surface area contributed by atoms with E-state index in [4.69, 9.17) is 4.74 Å². The molecule has 1 N–H and O–H groups in total. The van der Waals surface area contributed by atoms with Crippen LogP contribution in [-0.2, 0) is 4.79 Å². The van der Waals surface area contributed by atoms with Crippen molar-refractivity contribution >= 4 is 5.97 Å². The molecular weight excluding hydrogens is 180 g/mol. The van der Waals surface area contributed by atoms with Crippen molar-refractivity contribution in [3.8, 4) is 5.75 Å². The lowest BCUT2D eigenvalue weighted by Crippen LogP contribution is -2.37. The molecule has 0 saturated heterocycles. The molecule has 0 amide bonds. The van der Waals surface area contributed by atoms with Crippen molar-refractivity contribution in [2.24, 2.45) is 0 Å². The Kier molecular flexibility index (Phi) is 3.25. The highest BCUT2D eigenvalue weighted by molar-refractivity contribution is 5.80. The van der Waals surface area contributed by atoms with E-state index in [0.29, 0.717) is 12.2 Å². The summed E-state index contributed by atoms with van der Waals surface area (Å²) in [5.74, 6) is -0.169. The monoisotopic (exact) mass is 194 g/mol. The van der Waals surface area contributed by atoms with E-state index in [0.717, 1.165) is 0 Å². The summed E-state index contributed by atoms with van der Waals surface area (Å²) in [7, 11) is 0. The molecule has 1 rings (SSSR count). The SMILES string of the molecule is CCC(C)(O)C(=O)Oc1ccccc1. The quantitative estimate of drug-likeness (QED) is 0.589. The largest absolute Gasteiger partial charge is 0.424 e. The van der Waals surface area contributed by atoms with Gasteiger partial charge in [-0.2, -0.15) is 0 Å². The predicted molar refractivity (Wildman–Crippen MR) is 53.0 cm³/mol. The molecule has 0 spiro atoms. The fraction of sp³-hybridized carbons (Fsp3) is 0.364. The molecule has 0 aromatic heterocycles. The molecule has 1 aromatic rings. The summed E-state index contributed by atoms with van der Waals surface area (Å²) < 4.78 is 4.98. The number of hydrogen-bond acceptors (Lipinski definition) is 3. The van der Waals surface area contributed by atoms with E-state index >= 15 is 0 Å². The summed E-state index contributed by atoms with van der Waals surface area (Å²) >= 11 is 0. The van der Waals surface area contributed by atoms with Gasteiger partial charge < -0.3 is 9.84 Å². The van der Waals surface area contributed by atoms with Crippen LogP contribution >= 0.6 is 0 Å². The van der Waals surface area contributed by atoms with Crippen molar-refractivity contribution in [2.45, 2.75) is 25.9 Å². The van der Waals surface area contributed by atoms with Crippen LogP contribution in [0.5, 0.6) is 5.75 Å². The van der Waals surface area contributed by atoms with Gasteiger partial charge in [0.25, 0.3) is 0 Å². The Hall–Kier alpha value is -1.35. The Balaban J connectivity index is 2.67. The maximum atomic E-state index is 11.4. The van der Waals surface area contributed by atoms with Crippen LogP contribution in [0.3, 0.4) is 0 Å². The van der Waals surface area contributed by atoms with Crippen molar-refractivity contribution < 1.29 is 14.6 Å². The van der Waals surface area contributed by atoms with E-state index < -0.39 is 11.6 Å². The van der Waals surface area contributed by atoms with Crippen LogP contribution < -0.4 is 4.74 Å². The third-order valence-electron chi connectivity index (χ3n) is 2.08. The molecule has 14 heavy (non-hydrogen) atoms. The molecule has 76 valence electrons. The minimum absolute atomic E-state index is 0.332. The minimum atomic E-state index is -1.41. The number of rotatable bonds is 3. The molecule has 3 nitrogen and oxygen atoms in total. The number of carbonyl (C=O) groups is 1. The number of para-hydroxylation sites is 1. The van der Waals surface area contributed by atoms with Crippen LogP contribution in [0.1, 0.15) is 20.3 Å². The van der Waals surface area contributed by atoms with Gasteiger partial charge in [-0.3, -0.25) is 0 Å². The van der Waals surface area contributed by atoms with E-state index in [9.17, 15) is 9.90 Å². The fourth-order valence-corrected chi connectivity index (χ4v) is 0.850. The lowest BCUT2D eigenvalue weighted by atomic mass is 10.0. The Morgan fingerprint density at radius 2 is 2.00 bits per heavy atom. The second-order valence-electron chi connectivity index (χ2n) is 3.33. The average molecular weight is 194 g/mol. The van der Waals surface area contributed by atoms with Gasteiger partial charge >= 0.3 is 5.97 Å². The van der Waals surface area contributed by atoms with Crippen LogP contribution in [0.4, 0.5) is 0 Å². The summed E-state index contributed by atoms with van der Waals surface area (Å²) in [6, 6.07) is 8.70. The number of carbonyl (C=O) groups excluding carboxylic acids is 1. The summed E-state index contributed by atoms with van der Waals surface area (Å²) in [5, 5.41) is 9.58. The zero-order valence-electron chi connectivity index (χ0n) is 8.36. The van der Waals surface area contributed by atoms with Crippen LogP contribution in [0.2, 0.25) is 0 Å². The molecule has 0 heterocycles. The molecule has 1 unspecified atom stereocenters. The van der Waals surface area contributed by atoms with E-state index in [1.807, 2.05) is 6.07 Å². The molecule has 0 radical (unpaired) electrons. The van der Waals surface area contributed by atoms with E-state index in [2.05, 4.69) is 0 Å². The second kappa shape index (κ2) is 4.24. The smallest absolute Gasteiger partial charge is 0.343 e. The van der Waals surface area contributed by atoms with Gasteiger partial charge in [-0.1, -0.05) is 25.1 Å². The Morgan fingerprint density at radius 1 is 1.43 bits per heavy atom. The van der Waals surface area contributed by atoms with Crippen molar-refractivity contribution in [3.63, 3.8) is 0 Å². The van der Waals surface area contributed by atoms with Gasteiger partial charge in [0.1, 0.15) is 5.75 Å². The Labute approximate surface area is 83.3 Å². The first-order valence-electron chi connectivity index (χ1n) is 4.56. The number of benzene rings is 1. The predicted octanol–water partition coefficient (Wildman–Crippen LogP) is 1.75. The normalized spacial score (nSPS) is 14.5. The molecule has 0 bridgehead atoms. The second-order valence-corrected chi connectivity index (χ2v) is 3.33. The number of hydrogen-bond donors (Lipinski definition) is 1. The van der Waals surface area contributed by atoms with Crippen LogP contribution in [-0.4, -0.2) is 16.7 Å². The molecule has 0 fully saturated rings. The fourth-order valence-electron chi connectivity index (χ4n) is 0.850.